The lowest BCUT2D eigenvalue weighted by Gasteiger charge is -2.34. The molecule has 21 heavy (non-hydrogen) atoms. The van der Waals surface area contributed by atoms with Crippen LogP contribution in [0.3, 0.4) is 0 Å². The minimum Gasteiger partial charge on any atom is -0.396 e. The zero-order valence-corrected chi connectivity index (χ0v) is 13.0. The Bertz CT molecular complexity index is 448. The first-order valence-electron chi connectivity index (χ1n) is 7.55. The highest BCUT2D eigenvalue weighted by atomic mass is 35.5. The molecule has 1 aromatic carbocycles. The second-order valence-electron chi connectivity index (χ2n) is 5.54. The van der Waals surface area contributed by atoms with Gasteiger partial charge < -0.3 is 10.4 Å². The lowest BCUT2D eigenvalue weighted by atomic mass is 10.00. The highest BCUT2D eigenvalue weighted by Crippen LogP contribution is 2.18. The molecule has 5 heteroatoms. The maximum atomic E-state index is 12.1. The Morgan fingerprint density at radius 1 is 1.33 bits per heavy atom. The van der Waals surface area contributed by atoms with Crippen LogP contribution in [-0.2, 0) is 11.3 Å². The third kappa shape index (κ3) is 5.30. The lowest BCUT2D eigenvalue weighted by Crippen LogP contribution is -2.45. The van der Waals surface area contributed by atoms with E-state index >= 15 is 0 Å². The van der Waals surface area contributed by atoms with Crippen molar-refractivity contribution in [3.63, 3.8) is 0 Å². The molecule has 0 aromatic heterocycles. The van der Waals surface area contributed by atoms with Gasteiger partial charge in [0.2, 0.25) is 5.91 Å². The number of carbonyl (C=O) groups is 1. The van der Waals surface area contributed by atoms with E-state index in [1.54, 1.807) is 0 Å². The molecule has 0 spiro atoms. The fourth-order valence-electron chi connectivity index (χ4n) is 2.79. The summed E-state index contributed by atoms with van der Waals surface area (Å²) in [5, 5.41) is 12.7. The maximum absolute atomic E-state index is 12.1. The van der Waals surface area contributed by atoms with Gasteiger partial charge >= 0.3 is 0 Å². The summed E-state index contributed by atoms with van der Waals surface area (Å²) < 4.78 is 0. The minimum atomic E-state index is 0.0368. The van der Waals surface area contributed by atoms with Crippen molar-refractivity contribution in [1.82, 2.24) is 10.2 Å². The topological polar surface area (TPSA) is 52.6 Å². The van der Waals surface area contributed by atoms with Crippen LogP contribution in [0.5, 0.6) is 0 Å². The molecule has 2 rings (SSSR count). The van der Waals surface area contributed by atoms with E-state index < -0.39 is 0 Å². The highest BCUT2D eigenvalue weighted by molar-refractivity contribution is 6.30. The van der Waals surface area contributed by atoms with Gasteiger partial charge in [-0.15, -0.1) is 0 Å². The molecule has 0 aliphatic carbocycles. The van der Waals surface area contributed by atoms with Crippen LogP contribution in [0.4, 0.5) is 0 Å². The van der Waals surface area contributed by atoms with Gasteiger partial charge in [0, 0.05) is 24.2 Å². The van der Waals surface area contributed by atoms with Crippen molar-refractivity contribution in [2.75, 3.05) is 19.7 Å². The average molecular weight is 311 g/mol. The predicted molar refractivity (Wildman–Crippen MR) is 84.2 cm³/mol. The quantitative estimate of drug-likeness (QED) is 0.847. The van der Waals surface area contributed by atoms with E-state index in [-0.39, 0.29) is 12.5 Å². The van der Waals surface area contributed by atoms with E-state index in [4.69, 9.17) is 16.7 Å². The van der Waals surface area contributed by atoms with Crippen molar-refractivity contribution in [1.29, 1.82) is 0 Å². The summed E-state index contributed by atoms with van der Waals surface area (Å²) in [6, 6.07) is 7.82. The van der Waals surface area contributed by atoms with Crippen LogP contribution in [-0.4, -0.2) is 41.7 Å². The summed E-state index contributed by atoms with van der Waals surface area (Å²) in [5.74, 6) is 0.0368. The number of amides is 1. The number of aliphatic hydroxyl groups excluding tert-OH is 1. The Hall–Kier alpha value is -1.10. The van der Waals surface area contributed by atoms with Crippen LogP contribution < -0.4 is 5.32 Å². The summed E-state index contributed by atoms with van der Waals surface area (Å²) in [6.07, 6.45) is 4.15. The van der Waals surface area contributed by atoms with Gasteiger partial charge in [-0.25, -0.2) is 0 Å². The maximum Gasteiger partial charge on any atom is 0.234 e. The minimum absolute atomic E-state index is 0.0368. The van der Waals surface area contributed by atoms with E-state index in [1.165, 1.54) is 6.42 Å². The predicted octanol–water partition coefficient (Wildman–Crippen LogP) is 2.19. The summed E-state index contributed by atoms with van der Waals surface area (Å²) in [7, 11) is 0. The van der Waals surface area contributed by atoms with Crippen molar-refractivity contribution in [2.24, 2.45) is 0 Å². The van der Waals surface area contributed by atoms with Crippen LogP contribution in [0.25, 0.3) is 0 Å². The number of piperidine rings is 1. The van der Waals surface area contributed by atoms with Crippen molar-refractivity contribution >= 4 is 17.5 Å². The third-order valence-electron chi connectivity index (χ3n) is 3.96. The molecule has 1 amide bonds. The van der Waals surface area contributed by atoms with E-state index in [9.17, 15) is 4.79 Å². The summed E-state index contributed by atoms with van der Waals surface area (Å²) in [6.45, 7) is 2.07. The SMILES string of the molecule is O=C(CN1CCCCC1CCO)NCc1ccc(Cl)cc1. The molecule has 1 aliphatic rings. The van der Waals surface area contributed by atoms with Crippen LogP contribution >= 0.6 is 11.6 Å². The van der Waals surface area contributed by atoms with E-state index in [2.05, 4.69) is 10.2 Å². The van der Waals surface area contributed by atoms with Gasteiger partial charge in [0.05, 0.1) is 6.54 Å². The Morgan fingerprint density at radius 3 is 2.81 bits per heavy atom. The molecule has 0 radical (unpaired) electrons. The van der Waals surface area contributed by atoms with E-state index in [1.807, 2.05) is 24.3 Å². The second-order valence-corrected chi connectivity index (χ2v) is 5.97. The number of carbonyl (C=O) groups excluding carboxylic acids is 1. The molecule has 1 aromatic rings. The fourth-order valence-corrected chi connectivity index (χ4v) is 2.91. The molecule has 1 aliphatic heterocycles. The molecule has 1 unspecified atom stereocenters. The first-order chi connectivity index (χ1) is 10.2. The molecule has 2 N–H and O–H groups in total. The van der Waals surface area contributed by atoms with Gasteiger partial charge in [0.25, 0.3) is 0 Å². The molecule has 1 saturated heterocycles. The van der Waals surface area contributed by atoms with Gasteiger partial charge in [-0.2, -0.15) is 0 Å². The number of benzene rings is 1. The van der Waals surface area contributed by atoms with Gasteiger partial charge in [0.1, 0.15) is 0 Å². The van der Waals surface area contributed by atoms with Gasteiger partial charge in [-0.1, -0.05) is 30.2 Å². The Labute approximate surface area is 131 Å². The zero-order valence-electron chi connectivity index (χ0n) is 12.2. The Balaban J connectivity index is 1.78. The summed E-state index contributed by atoms with van der Waals surface area (Å²) in [4.78, 5) is 14.3. The third-order valence-corrected chi connectivity index (χ3v) is 4.21. The molecule has 1 heterocycles. The monoisotopic (exact) mass is 310 g/mol. The molecule has 0 saturated carbocycles. The van der Waals surface area contributed by atoms with Gasteiger partial charge in [0.15, 0.2) is 0 Å². The summed E-state index contributed by atoms with van der Waals surface area (Å²) in [5.41, 5.74) is 1.04. The second kappa shape index (κ2) is 8.37. The lowest BCUT2D eigenvalue weighted by molar-refractivity contribution is -0.123. The zero-order chi connectivity index (χ0) is 15.1. The number of hydrogen-bond donors (Lipinski definition) is 2. The van der Waals surface area contributed by atoms with Crippen molar-refractivity contribution < 1.29 is 9.90 Å². The summed E-state index contributed by atoms with van der Waals surface area (Å²) >= 11 is 5.83. The van der Waals surface area contributed by atoms with Crippen LogP contribution in [0, 0.1) is 0 Å². The average Bonchev–Trinajstić information content (AvgIpc) is 2.49. The van der Waals surface area contributed by atoms with E-state index in [0.717, 1.165) is 31.4 Å². The first kappa shape index (κ1) is 16.3. The van der Waals surface area contributed by atoms with Gasteiger partial charge in [-0.3, -0.25) is 9.69 Å². The highest BCUT2D eigenvalue weighted by Gasteiger charge is 2.23. The number of nitrogens with one attached hydrogen (secondary N) is 1. The molecular formula is C16H23ClN2O2. The standard InChI is InChI=1S/C16H23ClN2O2/c17-14-6-4-13(5-7-14)11-18-16(21)12-19-9-2-1-3-15(19)8-10-20/h4-7,15,20H,1-3,8-12H2,(H,18,21). The number of nitrogens with zero attached hydrogens (tertiary/aromatic N) is 1. The number of rotatable bonds is 6. The molecule has 4 nitrogen and oxygen atoms in total. The van der Waals surface area contributed by atoms with Crippen LogP contribution in [0.15, 0.2) is 24.3 Å². The van der Waals surface area contributed by atoms with Gasteiger partial charge in [-0.05, 0) is 43.5 Å². The van der Waals surface area contributed by atoms with E-state index in [0.29, 0.717) is 24.2 Å². The number of aliphatic hydroxyl groups is 1. The Kier molecular flexibility index (Phi) is 6.49. The largest absolute Gasteiger partial charge is 0.396 e. The molecule has 1 fully saturated rings. The van der Waals surface area contributed by atoms with Crippen molar-refractivity contribution in [3.05, 3.63) is 34.9 Å². The molecule has 0 bridgehead atoms. The number of likely N-dealkylation sites (tertiary alicyclic amines) is 1. The van der Waals surface area contributed by atoms with Crippen molar-refractivity contribution in [2.45, 2.75) is 38.3 Å². The number of halogens is 1. The molecular weight excluding hydrogens is 288 g/mol. The molecule has 116 valence electrons. The molecule has 1 atom stereocenters. The fraction of sp³-hybridized carbons (Fsp3) is 0.562. The first-order valence-corrected chi connectivity index (χ1v) is 7.93. The van der Waals surface area contributed by atoms with Crippen LogP contribution in [0.1, 0.15) is 31.2 Å². The Morgan fingerprint density at radius 2 is 2.10 bits per heavy atom. The van der Waals surface area contributed by atoms with Crippen LogP contribution in [0.2, 0.25) is 5.02 Å². The smallest absolute Gasteiger partial charge is 0.234 e. The van der Waals surface area contributed by atoms with Crippen molar-refractivity contribution in [3.8, 4) is 0 Å². The number of hydrogen-bond acceptors (Lipinski definition) is 3. The normalized spacial score (nSPS) is 19.4.